The molecule has 0 bridgehead atoms. The molecule has 0 saturated carbocycles. The summed E-state index contributed by atoms with van der Waals surface area (Å²) < 4.78 is 21.4. The van der Waals surface area contributed by atoms with Gasteiger partial charge in [0.25, 0.3) is 5.91 Å². The number of cyclic esters (lactones) is 1. The fourth-order valence-corrected chi connectivity index (χ4v) is 4.44. The quantitative estimate of drug-likeness (QED) is 0.398. The summed E-state index contributed by atoms with van der Waals surface area (Å²) >= 11 is 6.52. The van der Waals surface area contributed by atoms with Crippen LogP contribution in [0, 0.1) is 0 Å². The van der Waals surface area contributed by atoms with Crippen LogP contribution in [0.1, 0.15) is 27.7 Å². The normalized spacial score (nSPS) is 18.9. The molecule has 0 aromatic heterocycles. The molecule has 1 unspecified atom stereocenters. The van der Waals surface area contributed by atoms with E-state index in [9.17, 15) is 9.59 Å². The molecule has 2 aromatic carbocycles. The number of fused-ring (bicyclic) bond motifs is 1. The van der Waals surface area contributed by atoms with E-state index in [2.05, 4.69) is 5.43 Å². The Bertz CT molecular complexity index is 1100. The van der Waals surface area contributed by atoms with E-state index in [4.69, 9.17) is 31.2 Å². The van der Waals surface area contributed by atoms with Crippen LogP contribution in [-0.2, 0) is 9.53 Å². The molecule has 160 valence electrons. The third-order valence-electron chi connectivity index (χ3n) is 4.74. The highest BCUT2D eigenvalue weighted by atomic mass is 32.2. The van der Waals surface area contributed by atoms with Crippen LogP contribution in [0.25, 0.3) is 6.08 Å². The van der Waals surface area contributed by atoms with Gasteiger partial charge in [0.2, 0.25) is 0 Å². The summed E-state index contributed by atoms with van der Waals surface area (Å²) in [5.41, 5.74) is 4.51. The first kappa shape index (κ1) is 21.2. The van der Waals surface area contributed by atoms with Crippen molar-refractivity contribution in [1.82, 2.24) is 10.4 Å². The molecule has 31 heavy (non-hydrogen) atoms. The third-order valence-corrected chi connectivity index (χ3v) is 6.05. The lowest BCUT2D eigenvalue weighted by molar-refractivity contribution is -0.126. The summed E-state index contributed by atoms with van der Waals surface area (Å²) in [4.78, 5) is 25.8. The lowest BCUT2D eigenvalue weighted by Crippen LogP contribution is -2.43. The number of ether oxygens (including phenoxy) is 4. The molecule has 2 aliphatic rings. The van der Waals surface area contributed by atoms with Gasteiger partial charge in [-0.1, -0.05) is 36.1 Å². The van der Waals surface area contributed by atoms with Gasteiger partial charge in [-0.15, -0.1) is 0 Å². The van der Waals surface area contributed by atoms with Crippen LogP contribution in [0.15, 0.2) is 41.3 Å². The number of hydrogen-bond acceptors (Lipinski definition) is 9. The minimum absolute atomic E-state index is 0.249. The number of methoxy groups -OCH3 is 3. The number of thioether (sulfide) groups is 1. The van der Waals surface area contributed by atoms with Crippen molar-refractivity contribution in [3.8, 4) is 17.2 Å². The molecule has 4 rings (SSSR count). The zero-order valence-corrected chi connectivity index (χ0v) is 18.5. The summed E-state index contributed by atoms with van der Waals surface area (Å²) in [5, 5.41) is 1.21. The number of rotatable bonds is 6. The second-order valence-corrected chi connectivity index (χ2v) is 8.15. The molecule has 0 spiro atoms. The second-order valence-electron chi connectivity index (χ2n) is 6.47. The van der Waals surface area contributed by atoms with E-state index >= 15 is 0 Å². The van der Waals surface area contributed by atoms with Gasteiger partial charge in [-0.3, -0.25) is 4.79 Å². The molecule has 0 aliphatic carbocycles. The number of hydrogen-bond donors (Lipinski definition) is 1. The van der Waals surface area contributed by atoms with Gasteiger partial charge in [0.15, 0.2) is 22.0 Å². The zero-order chi connectivity index (χ0) is 22.1. The van der Waals surface area contributed by atoms with Crippen LogP contribution in [-0.4, -0.2) is 42.5 Å². The monoisotopic (exact) mass is 458 g/mol. The largest absolute Gasteiger partial charge is 0.497 e. The SMILES string of the molecule is COc1ccc(/C=C2\SC(=S)N(NC3OC(=O)c4c3ccc(OC)c4OC)C2=O)cc1. The number of carbonyl (C=O) groups excluding carboxylic acids is 2. The van der Waals surface area contributed by atoms with Crippen LogP contribution in [0.3, 0.4) is 0 Å². The smallest absolute Gasteiger partial charge is 0.344 e. The van der Waals surface area contributed by atoms with Crippen molar-refractivity contribution in [1.29, 1.82) is 0 Å². The van der Waals surface area contributed by atoms with Crippen molar-refractivity contribution in [3.05, 3.63) is 58.0 Å². The fourth-order valence-electron chi connectivity index (χ4n) is 3.24. The molecule has 2 aromatic rings. The summed E-state index contributed by atoms with van der Waals surface area (Å²) in [6.45, 7) is 0. The maximum Gasteiger partial charge on any atom is 0.344 e. The fraction of sp³-hybridized carbons (Fsp3) is 0.190. The molecular weight excluding hydrogens is 440 g/mol. The van der Waals surface area contributed by atoms with Crippen LogP contribution >= 0.6 is 24.0 Å². The number of carbonyl (C=O) groups is 2. The number of amides is 1. The van der Waals surface area contributed by atoms with E-state index in [1.165, 1.54) is 19.2 Å². The van der Waals surface area contributed by atoms with E-state index in [0.717, 1.165) is 23.1 Å². The molecule has 0 radical (unpaired) electrons. The number of nitrogens with one attached hydrogen (secondary N) is 1. The second kappa shape index (κ2) is 8.58. The lowest BCUT2D eigenvalue weighted by Gasteiger charge is -2.21. The van der Waals surface area contributed by atoms with E-state index in [0.29, 0.717) is 20.5 Å². The molecule has 10 heteroatoms. The van der Waals surface area contributed by atoms with E-state index in [1.54, 1.807) is 37.5 Å². The Morgan fingerprint density at radius 1 is 1.06 bits per heavy atom. The van der Waals surface area contributed by atoms with Crippen molar-refractivity contribution in [3.63, 3.8) is 0 Å². The number of esters is 1. The minimum Gasteiger partial charge on any atom is -0.497 e. The number of nitrogens with zero attached hydrogens (tertiary/aromatic N) is 1. The molecule has 1 N–H and O–H groups in total. The standard InChI is InChI=1S/C21H18N2O6S2/c1-26-12-6-4-11(5-7-12)10-15-19(24)23(21(30)31-15)22-18-13-8-9-14(27-2)17(28-3)16(13)20(25)29-18/h4-10,18,22H,1-3H3/b15-10-. The highest BCUT2D eigenvalue weighted by Crippen LogP contribution is 2.42. The summed E-state index contributed by atoms with van der Waals surface area (Å²) in [7, 11) is 4.51. The van der Waals surface area contributed by atoms with Crippen molar-refractivity contribution in [2.24, 2.45) is 0 Å². The van der Waals surface area contributed by atoms with Crippen LogP contribution in [0.5, 0.6) is 17.2 Å². The van der Waals surface area contributed by atoms with Crippen molar-refractivity contribution < 1.29 is 28.5 Å². The number of thiocarbonyl (C=S) groups is 1. The topological polar surface area (TPSA) is 86.3 Å². The molecule has 1 fully saturated rings. The van der Waals surface area contributed by atoms with Gasteiger partial charge in [0, 0.05) is 5.56 Å². The Kier molecular flexibility index (Phi) is 5.86. The van der Waals surface area contributed by atoms with Gasteiger partial charge < -0.3 is 18.9 Å². The Balaban J connectivity index is 1.57. The highest BCUT2D eigenvalue weighted by Gasteiger charge is 2.40. The zero-order valence-electron chi connectivity index (χ0n) is 16.8. The Morgan fingerprint density at radius 2 is 1.81 bits per heavy atom. The molecule has 2 heterocycles. The van der Waals surface area contributed by atoms with Crippen LogP contribution < -0.4 is 19.6 Å². The first-order chi connectivity index (χ1) is 15.0. The average molecular weight is 459 g/mol. The van der Waals surface area contributed by atoms with Gasteiger partial charge >= 0.3 is 5.97 Å². The van der Waals surface area contributed by atoms with Gasteiger partial charge in [-0.05, 0) is 35.9 Å². The highest BCUT2D eigenvalue weighted by molar-refractivity contribution is 8.26. The molecule has 1 amide bonds. The summed E-state index contributed by atoms with van der Waals surface area (Å²) in [6, 6.07) is 10.6. The van der Waals surface area contributed by atoms with Crippen molar-refractivity contribution >= 4 is 46.3 Å². The van der Waals surface area contributed by atoms with Gasteiger partial charge in [0.05, 0.1) is 26.2 Å². The van der Waals surface area contributed by atoms with Crippen molar-refractivity contribution in [2.75, 3.05) is 21.3 Å². The minimum atomic E-state index is -0.898. The van der Waals surface area contributed by atoms with Crippen LogP contribution in [0.2, 0.25) is 0 Å². The Morgan fingerprint density at radius 3 is 2.45 bits per heavy atom. The van der Waals surface area contributed by atoms with E-state index < -0.39 is 12.2 Å². The molecule has 1 saturated heterocycles. The Hall–Kier alpha value is -3.08. The molecule has 2 aliphatic heterocycles. The predicted octanol–water partition coefficient (Wildman–Crippen LogP) is 3.29. The molecule has 8 nitrogen and oxygen atoms in total. The maximum absolute atomic E-state index is 12.9. The third kappa shape index (κ3) is 3.85. The van der Waals surface area contributed by atoms with E-state index in [-0.39, 0.29) is 17.2 Å². The summed E-state index contributed by atoms with van der Waals surface area (Å²) in [5.74, 6) is 0.490. The average Bonchev–Trinajstić information content (AvgIpc) is 3.24. The lowest BCUT2D eigenvalue weighted by atomic mass is 10.1. The Labute approximate surface area is 188 Å². The van der Waals surface area contributed by atoms with Crippen LogP contribution in [0.4, 0.5) is 0 Å². The summed E-state index contributed by atoms with van der Waals surface area (Å²) in [6.07, 6.45) is 0.841. The van der Waals surface area contributed by atoms with E-state index in [1.807, 2.05) is 12.1 Å². The first-order valence-electron chi connectivity index (χ1n) is 9.11. The van der Waals surface area contributed by atoms with Gasteiger partial charge in [0.1, 0.15) is 11.3 Å². The number of hydrazine groups is 1. The first-order valence-corrected chi connectivity index (χ1v) is 10.3. The predicted molar refractivity (Wildman–Crippen MR) is 119 cm³/mol. The maximum atomic E-state index is 12.9. The molecular formula is C21H18N2O6S2. The van der Waals surface area contributed by atoms with Gasteiger partial charge in [-0.25, -0.2) is 9.80 Å². The van der Waals surface area contributed by atoms with Gasteiger partial charge in [-0.2, -0.15) is 5.43 Å². The van der Waals surface area contributed by atoms with Crippen molar-refractivity contribution in [2.45, 2.75) is 6.23 Å². The molecule has 1 atom stereocenters. The number of benzene rings is 2.